The van der Waals surface area contributed by atoms with E-state index in [4.69, 9.17) is 37.9 Å². The summed E-state index contributed by atoms with van der Waals surface area (Å²) in [5.74, 6) is -2.18. The highest BCUT2D eigenvalue weighted by atomic mass is 16.7. The number of carbonyl (C=O) groups excluding carboxylic acids is 1. The number of carbonyl (C=O) groups is 1. The maximum absolute atomic E-state index is 12.6. The summed E-state index contributed by atoms with van der Waals surface area (Å²) in [6, 6.07) is 0. The van der Waals surface area contributed by atoms with Crippen LogP contribution in [-0.2, 0) is 42.7 Å². The SMILES string of the molecule is O=C(C=CC1CCC(O)C(O)C1)OCC1OC(OC2CC(O)C3CC(OC4OC(CO)C(O)C(O)C4O)C(C4CCC(O)C(OC5OC(CO)C(O)C(O)C5O)C4)OC3C2)C(O)C(O)C1O. The molecule has 15 N–H and O–H groups in total. The van der Waals surface area contributed by atoms with E-state index in [2.05, 4.69) is 0 Å². The van der Waals surface area contributed by atoms with E-state index in [0.29, 0.717) is 19.3 Å². The lowest BCUT2D eigenvalue weighted by Crippen LogP contribution is -2.63. The number of hydrogen-bond donors (Lipinski definition) is 15. The quantitative estimate of drug-likeness (QED) is 0.0603. The normalized spacial score (nSPS) is 51.6. The average molecular weight is 957 g/mol. The van der Waals surface area contributed by atoms with Gasteiger partial charge in [-0.2, -0.15) is 0 Å². The minimum Gasteiger partial charge on any atom is -0.460 e. The molecule has 3 aliphatic carbocycles. The van der Waals surface area contributed by atoms with Crippen LogP contribution < -0.4 is 0 Å². The Morgan fingerprint density at radius 3 is 1.64 bits per heavy atom. The summed E-state index contributed by atoms with van der Waals surface area (Å²) in [4.78, 5) is 12.6. The first-order chi connectivity index (χ1) is 31.4. The molecule has 4 heterocycles. The first-order valence-corrected chi connectivity index (χ1v) is 22.9. The molecule has 4 aliphatic heterocycles. The molecule has 0 bridgehead atoms. The highest BCUT2D eigenvalue weighted by Crippen LogP contribution is 2.45. The summed E-state index contributed by atoms with van der Waals surface area (Å²) in [5, 5.41) is 157. The van der Waals surface area contributed by atoms with Gasteiger partial charge in [0.15, 0.2) is 18.9 Å². The largest absolute Gasteiger partial charge is 0.460 e. The van der Waals surface area contributed by atoms with Gasteiger partial charge in [-0.25, -0.2) is 4.79 Å². The average Bonchev–Trinajstić information content (AvgIpc) is 3.30. The molecule has 66 heavy (non-hydrogen) atoms. The molecule has 24 heteroatoms. The molecule has 3 saturated carbocycles. The van der Waals surface area contributed by atoms with Crippen molar-refractivity contribution < 1.29 is 119 Å². The molecular weight excluding hydrogens is 888 g/mol. The van der Waals surface area contributed by atoms with Gasteiger partial charge in [-0.3, -0.25) is 0 Å². The molecule has 0 aromatic carbocycles. The molecule has 7 aliphatic rings. The zero-order valence-corrected chi connectivity index (χ0v) is 36.1. The number of aliphatic hydroxyl groups is 15. The van der Waals surface area contributed by atoms with Crippen molar-refractivity contribution >= 4 is 5.97 Å². The number of hydrogen-bond acceptors (Lipinski definition) is 24. The number of allylic oxidation sites excluding steroid dienone is 1. The number of rotatable bonds is 13. The van der Waals surface area contributed by atoms with Crippen molar-refractivity contribution in [2.24, 2.45) is 17.8 Å². The summed E-state index contributed by atoms with van der Waals surface area (Å²) in [5.41, 5.74) is 0. The van der Waals surface area contributed by atoms with Gasteiger partial charge in [-0.15, -0.1) is 0 Å². The fourth-order valence-electron chi connectivity index (χ4n) is 10.5. The highest BCUT2D eigenvalue weighted by molar-refractivity contribution is 5.81. The lowest BCUT2D eigenvalue weighted by Gasteiger charge is -2.52. The third-order valence-corrected chi connectivity index (χ3v) is 14.5. The van der Waals surface area contributed by atoms with E-state index in [-0.39, 0.29) is 44.4 Å². The minimum atomic E-state index is -1.80. The zero-order valence-electron chi connectivity index (χ0n) is 36.1. The van der Waals surface area contributed by atoms with Crippen molar-refractivity contribution in [3.63, 3.8) is 0 Å². The number of ether oxygens (including phenoxy) is 8. The maximum atomic E-state index is 12.6. The Morgan fingerprint density at radius 1 is 0.500 bits per heavy atom. The Morgan fingerprint density at radius 2 is 1.05 bits per heavy atom. The van der Waals surface area contributed by atoms with Crippen molar-refractivity contribution in [3.8, 4) is 0 Å². The molecule has 27 atom stereocenters. The number of aliphatic hydroxyl groups excluding tert-OH is 15. The predicted molar refractivity (Wildman–Crippen MR) is 214 cm³/mol. The van der Waals surface area contributed by atoms with Gasteiger partial charge in [0.25, 0.3) is 0 Å². The first-order valence-electron chi connectivity index (χ1n) is 22.9. The van der Waals surface area contributed by atoms with Crippen LogP contribution in [0, 0.1) is 17.8 Å². The van der Waals surface area contributed by atoms with Crippen LogP contribution in [-0.4, -0.2) is 249 Å². The molecule has 0 spiro atoms. The molecular formula is C42H68O24. The molecule has 0 aromatic rings. The predicted octanol–water partition coefficient (Wildman–Crippen LogP) is -6.74. The van der Waals surface area contributed by atoms with Gasteiger partial charge in [-0.1, -0.05) is 6.08 Å². The van der Waals surface area contributed by atoms with Gasteiger partial charge >= 0.3 is 5.97 Å². The Bertz CT molecular complexity index is 1580. The molecule has 0 aromatic heterocycles. The van der Waals surface area contributed by atoms with E-state index in [1.807, 2.05) is 0 Å². The summed E-state index contributed by atoms with van der Waals surface area (Å²) >= 11 is 0. The van der Waals surface area contributed by atoms with Gasteiger partial charge < -0.3 is 114 Å². The molecule has 7 rings (SSSR count). The topological polar surface area (TPSA) is 394 Å². The summed E-state index contributed by atoms with van der Waals surface area (Å²) in [7, 11) is 0. The van der Waals surface area contributed by atoms with Crippen LogP contribution in [0.3, 0.4) is 0 Å². The minimum absolute atomic E-state index is 0.0210. The van der Waals surface area contributed by atoms with Crippen molar-refractivity contribution in [1.29, 1.82) is 0 Å². The van der Waals surface area contributed by atoms with Crippen molar-refractivity contribution in [1.82, 2.24) is 0 Å². The monoisotopic (exact) mass is 956 g/mol. The van der Waals surface area contributed by atoms with Gasteiger partial charge in [0, 0.05) is 24.8 Å². The molecule has 24 nitrogen and oxygen atoms in total. The molecule has 4 saturated heterocycles. The fraction of sp³-hybridized carbons (Fsp3) is 0.929. The maximum Gasteiger partial charge on any atom is 0.330 e. The van der Waals surface area contributed by atoms with Crippen LogP contribution in [0.4, 0.5) is 0 Å². The van der Waals surface area contributed by atoms with E-state index in [1.165, 1.54) is 0 Å². The molecule has 27 unspecified atom stereocenters. The van der Waals surface area contributed by atoms with E-state index >= 15 is 0 Å². The van der Waals surface area contributed by atoms with Crippen LogP contribution in [0.15, 0.2) is 12.2 Å². The van der Waals surface area contributed by atoms with E-state index < -0.39 is 185 Å². The van der Waals surface area contributed by atoms with Crippen molar-refractivity contribution in [3.05, 3.63) is 12.2 Å². The van der Waals surface area contributed by atoms with Crippen molar-refractivity contribution in [2.75, 3.05) is 19.8 Å². The lowest BCUT2D eigenvalue weighted by atomic mass is 9.72. The second kappa shape index (κ2) is 22.6. The second-order valence-electron chi connectivity index (χ2n) is 18.9. The third-order valence-electron chi connectivity index (χ3n) is 14.5. The summed E-state index contributed by atoms with van der Waals surface area (Å²) in [6.07, 6.45) is -28.6. The van der Waals surface area contributed by atoms with E-state index in [1.54, 1.807) is 6.08 Å². The van der Waals surface area contributed by atoms with Crippen LogP contribution in [0.2, 0.25) is 0 Å². The van der Waals surface area contributed by atoms with E-state index in [9.17, 15) is 81.4 Å². The summed E-state index contributed by atoms with van der Waals surface area (Å²) < 4.78 is 47.4. The van der Waals surface area contributed by atoms with Crippen LogP contribution in [0.5, 0.6) is 0 Å². The Balaban J connectivity index is 1.03. The standard InChI is InChI=1S/C42H68O24/c43-12-26-30(50)33(53)37(57)41(64-26)62-24-8-16(3-5-20(24)46)39-25(63-42-38(58)34(54)31(51)27(13-44)65-42)11-18-21(47)9-17(10-23(18)61-39)60-40-36(56)35(55)32(52)28(66-40)14-59-29(49)6-2-15-1-4-19(45)22(48)7-15/h2,6,15-28,30-48,50-58H,1,3-5,7-14H2. The smallest absolute Gasteiger partial charge is 0.330 e. The molecule has 7 fully saturated rings. The molecule has 380 valence electrons. The Hall–Kier alpha value is -1.67. The fourth-order valence-corrected chi connectivity index (χ4v) is 10.5. The van der Waals surface area contributed by atoms with Gasteiger partial charge in [-0.05, 0) is 56.8 Å². The van der Waals surface area contributed by atoms with Gasteiger partial charge in [0.1, 0.15) is 79.9 Å². The molecule has 0 amide bonds. The Kier molecular flexibility index (Phi) is 17.9. The van der Waals surface area contributed by atoms with Gasteiger partial charge in [0.05, 0.1) is 68.1 Å². The second-order valence-corrected chi connectivity index (χ2v) is 18.9. The van der Waals surface area contributed by atoms with Crippen LogP contribution in [0.25, 0.3) is 0 Å². The Labute approximate surface area is 379 Å². The molecule has 0 radical (unpaired) electrons. The number of fused-ring (bicyclic) bond motifs is 1. The zero-order chi connectivity index (χ0) is 47.7. The van der Waals surface area contributed by atoms with Crippen molar-refractivity contribution in [2.45, 2.75) is 205 Å². The van der Waals surface area contributed by atoms with E-state index in [0.717, 1.165) is 6.08 Å². The van der Waals surface area contributed by atoms with Crippen LogP contribution >= 0.6 is 0 Å². The van der Waals surface area contributed by atoms with Gasteiger partial charge in [0.2, 0.25) is 0 Å². The third kappa shape index (κ3) is 11.6. The first kappa shape index (κ1) is 52.2. The van der Waals surface area contributed by atoms with Crippen LogP contribution in [0.1, 0.15) is 57.8 Å². The summed E-state index contributed by atoms with van der Waals surface area (Å²) in [6.45, 7) is -1.98. The number of esters is 1. The highest BCUT2D eigenvalue weighted by Gasteiger charge is 2.54. The lowest BCUT2D eigenvalue weighted by molar-refractivity contribution is -0.341.